The quantitative estimate of drug-likeness (QED) is 0.344. The molecule has 0 aliphatic heterocycles. The Balaban J connectivity index is 2.33. The van der Waals surface area contributed by atoms with Crippen LogP contribution in [0, 0.1) is 0 Å². The summed E-state index contributed by atoms with van der Waals surface area (Å²) < 4.78 is 33.1. The molecule has 142 valence electrons. The first-order chi connectivity index (χ1) is 13.2. The van der Waals surface area contributed by atoms with Gasteiger partial charge >= 0.3 is 0 Å². The Morgan fingerprint density at radius 1 is 1.11 bits per heavy atom. The van der Waals surface area contributed by atoms with E-state index in [1.807, 2.05) is 0 Å². The van der Waals surface area contributed by atoms with Gasteiger partial charge < -0.3 is 11.1 Å². The molecule has 1 aliphatic rings. The first-order valence-electron chi connectivity index (χ1n) is 8.04. The summed E-state index contributed by atoms with van der Waals surface area (Å²) in [6, 6.07) is 7.16. The van der Waals surface area contributed by atoms with Crippen LogP contribution >= 0.6 is 0 Å². The van der Waals surface area contributed by atoms with Crippen LogP contribution in [0.1, 0.15) is 31.8 Å². The molecule has 0 saturated carbocycles. The van der Waals surface area contributed by atoms with Crippen molar-refractivity contribution in [3.05, 3.63) is 89.7 Å². The van der Waals surface area contributed by atoms with Crippen LogP contribution in [0.5, 0.6) is 0 Å². The van der Waals surface area contributed by atoms with Gasteiger partial charge in [-0.3, -0.25) is 14.1 Å². The molecule has 2 aromatic carbocycles. The highest BCUT2D eigenvalue weighted by atomic mass is 32.2. The summed E-state index contributed by atoms with van der Waals surface area (Å²) in [7, 11) is -4.75. The average molecular weight is 396 g/mol. The molecule has 1 aliphatic carbocycles. The third kappa shape index (κ3) is 3.15. The van der Waals surface area contributed by atoms with E-state index in [0.717, 1.165) is 6.07 Å². The smallest absolute Gasteiger partial charge is 0.296 e. The van der Waals surface area contributed by atoms with Crippen molar-refractivity contribution in [1.82, 2.24) is 0 Å². The second kappa shape index (κ2) is 6.91. The molecule has 3 rings (SSSR count). The lowest BCUT2D eigenvalue weighted by atomic mass is 9.82. The van der Waals surface area contributed by atoms with Gasteiger partial charge in [-0.15, -0.1) is 0 Å². The maximum absolute atomic E-state index is 13.1. The van der Waals surface area contributed by atoms with E-state index < -0.39 is 32.3 Å². The highest BCUT2D eigenvalue weighted by Crippen LogP contribution is 2.39. The molecule has 0 atom stereocenters. The fraction of sp³-hybridized carbons (Fsp3) is 0. The Bertz CT molecular complexity index is 1190. The number of anilines is 2. The molecule has 0 radical (unpaired) electrons. The van der Waals surface area contributed by atoms with E-state index in [2.05, 4.69) is 18.5 Å². The molecule has 4 N–H and O–H groups in total. The van der Waals surface area contributed by atoms with Crippen molar-refractivity contribution in [3.63, 3.8) is 0 Å². The number of ketones is 2. The van der Waals surface area contributed by atoms with Crippen molar-refractivity contribution < 1.29 is 22.6 Å². The maximum Gasteiger partial charge on any atom is 0.296 e. The number of rotatable bonds is 5. The third-order valence-corrected chi connectivity index (χ3v) is 5.10. The second-order valence-electron chi connectivity index (χ2n) is 6.01. The van der Waals surface area contributed by atoms with E-state index in [9.17, 15) is 22.6 Å². The topological polar surface area (TPSA) is 127 Å². The van der Waals surface area contributed by atoms with Crippen LogP contribution in [0.15, 0.2) is 72.3 Å². The van der Waals surface area contributed by atoms with Crippen LogP contribution < -0.4 is 11.1 Å². The minimum atomic E-state index is -4.75. The standard InChI is InChI=1S/C20H16N2O5S/c1-3-4-7-11(2)22-14-10-15(28(25,26)27)18(21)17-16(14)19(23)12-8-5-6-9-13(12)20(17)24/h3-10,22H,1-2,21H2,(H,25,26,27)/b7-4-. The van der Waals surface area contributed by atoms with Crippen LogP contribution in [0.2, 0.25) is 0 Å². The number of fused-ring (bicyclic) bond motifs is 2. The molecule has 0 bridgehead atoms. The molecule has 28 heavy (non-hydrogen) atoms. The molecule has 0 fully saturated rings. The van der Waals surface area contributed by atoms with Gasteiger partial charge in [-0.05, 0) is 12.1 Å². The summed E-state index contributed by atoms with van der Waals surface area (Å²) in [6.45, 7) is 7.29. The summed E-state index contributed by atoms with van der Waals surface area (Å²) in [5, 5.41) is 2.79. The first kappa shape index (κ1) is 19.3. The van der Waals surface area contributed by atoms with Crippen LogP contribution in [-0.2, 0) is 10.1 Å². The van der Waals surface area contributed by atoms with Crippen molar-refractivity contribution in [2.45, 2.75) is 4.90 Å². The fourth-order valence-electron chi connectivity index (χ4n) is 3.00. The van der Waals surface area contributed by atoms with E-state index in [0.29, 0.717) is 5.70 Å². The number of allylic oxidation sites excluding steroid dienone is 3. The molecule has 0 saturated heterocycles. The predicted molar refractivity (Wildman–Crippen MR) is 106 cm³/mol. The molecule has 0 unspecified atom stereocenters. The summed E-state index contributed by atoms with van der Waals surface area (Å²) in [6.07, 6.45) is 4.61. The molecule has 2 aromatic rings. The summed E-state index contributed by atoms with van der Waals surface area (Å²) >= 11 is 0. The number of carbonyl (C=O) groups is 2. The SMILES string of the molecule is C=C/C=C\C(=C)Nc1cc(S(=O)(=O)O)c(N)c2c1C(=O)c1ccccc1C2=O. The molecular formula is C20H16N2O5S. The highest BCUT2D eigenvalue weighted by molar-refractivity contribution is 7.86. The lowest BCUT2D eigenvalue weighted by molar-refractivity contribution is 0.0980. The van der Waals surface area contributed by atoms with Gasteiger partial charge in [0.1, 0.15) is 4.90 Å². The van der Waals surface area contributed by atoms with Gasteiger partial charge in [0.25, 0.3) is 10.1 Å². The van der Waals surface area contributed by atoms with Crippen LogP contribution in [0.4, 0.5) is 11.4 Å². The van der Waals surface area contributed by atoms with Gasteiger partial charge in [0, 0.05) is 16.8 Å². The second-order valence-corrected chi connectivity index (χ2v) is 7.40. The zero-order valence-corrected chi connectivity index (χ0v) is 15.4. The fourth-order valence-corrected chi connectivity index (χ4v) is 3.65. The normalized spacial score (nSPS) is 13.2. The van der Waals surface area contributed by atoms with Gasteiger partial charge in [-0.2, -0.15) is 8.42 Å². The minimum Gasteiger partial charge on any atom is -0.397 e. The molecular weight excluding hydrogens is 380 g/mol. The molecule has 0 amide bonds. The van der Waals surface area contributed by atoms with Gasteiger partial charge in [-0.1, -0.05) is 49.6 Å². The number of hydrogen-bond acceptors (Lipinski definition) is 6. The zero-order chi connectivity index (χ0) is 20.6. The number of benzene rings is 2. The van der Waals surface area contributed by atoms with E-state index in [1.165, 1.54) is 24.3 Å². The Kier molecular flexibility index (Phi) is 4.76. The lowest BCUT2D eigenvalue weighted by Crippen LogP contribution is -2.25. The van der Waals surface area contributed by atoms with Gasteiger partial charge in [0.05, 0.1) is 22.5 Å². The summed E-state index contributed by atoms with van der Waals surface area (Å²) in [5.74, 6) is -1.11. The number of nitrogens with one attached hydrogen (secondary N) is 1. The number of carbonyl (C=O) groups excluding carboxylic acids is 2. The first-order valence-corrected chi connectivity index (χ1v) is 9.48. The molecule has 0 heterocycles. The molecule has 7 nitrogen and oxygen atoms in total. The maximum atomic E-state index is 13.1. The molecule has 0 aromatic heterocycles. The van der Waals surface area contributed by atoms with Gasteiger partial charge in [0.2, 0.25) is 0 Å². The minimum absolute atomic E-state index is 0.0107. The zero-order valence-electron chi connectivity index (χ0n) is 14.6. The lowest BCUT2D eigenvalue weighted by Gasteiger charge is -2.23. The average Bonchev–Trinajstić information content (AvgIpc) is 2.64. The summed E-state index contributed by atoms with van der Waals surface area (Å²) in [4.78, 5) is 25.4. The van der Waals surface area contributed by atoms with Crippen molar-refractivity contribution in [2.75, 3.05) is 11.1 Å². The molecule has 0 spiro atoms. The van der Waals surface area contributed by atoms with Gasteiger partial charge in [0.15, 0.2) is 11.6 Å². The van der Waals surface area contributed by atoms with Gasteiger partial charge in [-0.25, -0.2) is 0 Å². The van der Waals surface area contributed by atoms with Crippen LogP contribution in [0.25, 0.3) is 0 Å². The third-order valence-electron chi connectivity index (χ3n) is 4.21. The Hall–Kier alpha value is -3.49. The number of nitrogens with two attached hydrogens (primary N) is 1. The number of hydrogen-bond donors (Lipinski definition) is 3. The Morgan fingerprint density at radius 2 is 1.68 bits per heavy atom. The largest absolute Gasteiger partial charge is 0.397 e. The van der Waals surface area contributed by atoms with Crippen molar-refractivity contribution in [1.29, 1.82) is 0 Å². The van der Waals surface area contributed by atoms with E-state index >= 15 is 0 Å². The van der Waals surface area contributed by atoms with Crippen LogP contribution in [0.3, 0.4) is 0 Å². The number of nitrogen functional groups attached to an aromatic ring is 1. The monoisotopic (exact) mass is 396 g/mol. The highest BCUT2D eigenvalue weighted by Gasteiger charge is 2.36. The predicted octanol–water partition coefficient (Wildman–Crippen LogP) is 2.96. The van der Waals surface area contributed by atoms with E-state index in [-0.39, 0.29) is 27.9 Å². The molecule has 8 heteroatoms. The van der Waals surface area contributed by atoms with E-state index in [4.69, 9.17) is 5.73 Å². The van der Waals surface area contributed by atoms with E-state index in [1.54, 1.807) is 18.2 Å². The Labute approximate surface area is 161 Å². The Morgan fingerprint density at radius 3 is 2.21 bits per heavy atom. The van der Waals surface area contributed by atoms with Crippen LogP contribution in [-0.4, -0.2) is 24.5 Å². The van der Waals surface area contributed by atoms with Crippen molar-refractivity contribution in [2.24, 2.45) is 0 Å². The van der Waals surface area contributed by atoms with Crippen molar-refractivity contribution in [3.8, 4) is 0 Å². The van der Waals surface area contributed by atoms with Crippen molar-refractivity contribution >= 4 is 33.1 Å². The summed E-state index contributed by atoms with van der Waals surface area (Å²) in [5.41, 5.74) is 5.62.